The SMILES string of the molecule is CC1(C)CCC(C)(C)c2cc(C#CCS(=O)(=O)c3ccccc3)ccc21. The molecule has 1 aliphatic rings. The van der Waals surface area contributed by atoms with E-state index >= 15 is 0 Å². The van der Waals surface area contributed by atoms with Gasteiger partial charge >= 0.3 is 0 Å². The van der Waals surface area contributed by atoms with Crippen molar-refractivity contribution in [1.29, 1.82) is 0 Å². The third-order valence-corrected chi connectivity index (χ3v) is 6.96. The maximum Gasteiger partial charge on any atom is 0.189 e. The molecule has 1 aliphatic carbocycles. The molecule has 26 heavy (non-hydrogen) atoms. The minimum atomic E-state index is -3.36. The average molecular weight is 367 g/mol. The second kappa shape index (κ2) is 6.59. The van der Waals surface area contributed by atoms with E-state index in [4.69, 9.17) is 0 Å². The molecule has 0 radical (unpaired) electrons. The number of fused-ring (bicyclic) bond motifs is 1. The normalized spacial score (nSPS) is 17.7. The lowest BCUT2D eigenvalue weighted by Crippen LogP contribution is -2.33. The van der Waals surface area contributed by atoms with Gasteiger partial charge in [-0.05, 0) is 59.1 Å². The van der Waals surface area contributed by atoms with Crippen molar-refractivity contribution < 1.29 is 8.42 Å². The summed E-state index contributed by atoms with van der Waals surface area (Å²) in [4.78, 5) is 0.322. The van der Waals surface area contributed by atoms with Crippen molar-refractivity contribution >= 4 is 9.84 Å². The third-order valence-electron chi connectivity index (χ3n) is 5.45. The number of hydrogen-bond acceptors (Lipinski definition) is 2. The van der Waals surface area contributed by atoms with E-state index in [2.05, 4.69) is 51.7 Å². The Morgan fingerprint density at radius 3 is 2.15 bits per heavy atom. The molecular weight excluding hydrogens is 340 g/mol. The van der Waals surface area contributed by atoms with E-state index in [9.17, 15) is 8.42 Å². The summed E-state index contributed by atoms with van der Waals surface area (Å²) in [6.45, 7) is 9.13. The summed E-state index contributed by atoms with van der Waals surface area (Å²) in [5.74, 6) is 5.75. The minimum Gasteiger partial charge on any atom is -0.223 e. The first-order valence-electron chi connectivity index (χ1n) is 9.04. The highest BCUT2D eigenvalue weighted by atomic mass is 32.2. The summed E-state index contributed by atoms with van der Waals surface area (Å²) in [5, 5.41) is 0. The van der Waals surface area contributed by atoms with Gasteiger partial charge < -0.3 is 0 Å². The molecule has 2 aromatic carbocycles. The standard InChI is InChI=1S/C23H26O2S/c1-22(2)14-15-23(3,4)21-17-18(12-13-20(21)22)9-8-16-26(24,25)19-10-6-5-7-11-19/h5-7,10-13,17H,14-16H2,1-4H3. The first-order valence-corrected chi connectivity index (χ1v) is 10.7. The largest absolute Gasteiger partial charge is 0.223 e. The Kier molecular flexibility index (Phi) is 4.75. The Hall–Kier alpha value is -2.05. The van der Waals surface area contributed by atoms with Crippen LogP contribution in [0.15, 0.2) is 53.4 Å². The Balaban J connectivity index is 1.88. The zero-order chi connectivity index (χ0) is 19.0. The van der Waals surface area contributed by atoms with Crippen molar-refractivity contribution in [2.45, 2.75) is 56.3 Å². The van der Waals surface area contributed by atoms with Crippen LogP contribution in [0.3, 0.4) is 0 Å². The zero-order valence-corrected chi connectivity index (χ0v) is 16.8. The molecule has 0 N–H and O–H groups in total. The molecule has 0 fully saturated rings. The molecule has 2 aromatic rings. The van der Waals surface area contributed by atoms with Gasteiger partial charge in [-0.1, -0.05) is 63.8 Å². The molecular formula is C23H26O2S. The predicted octanol–water partition coefficient (Wildman–Crippen LogP) is 4.86. The highest BCUT2D eigenvalue weighted by Gasteiger charge is 2.36. The van der Waals surface area contributed by atoms with Gasteiger partial charge in [0, 0.05) is 5.56 Å². The highest BCUT2D eigenvalue weighted by molar-refractivity contribution is 7.91. The summed E-state index contributed by atoms with van der Waals surface area (Å²) in [6, 6.07) is 14.8. The smallest absolute Gasteiger partial charge is 0.189 e. The molecule has 0 saturated carbocycles. The molecule has 3 heteroatoms. The van der Waals surface area contributed by atoms with Gasteiger partial charge in [0.15, 0.2) is 9.84 Å². The number of hydrogen-bond donors (Lipinski definition) is 0. The van der Waals surface area contributed by atoms with E-state index in [0.717, 1.165) is 12.0 Å². The van der Waals surface area contributed by atoms with Crippen LogP contribution in [0.1, 0.15) is 57.2 Å². The predicted molar refractivity (Wildman–Crippen MR) is 107 cm³/mol. The van der Waals surface area contributed by atoms with Gasteiger partial charge in [0.1, 0.15) is 5.75 Å². The zero-order valence-electron chi connectivity index (χ0n) is 16.0. The Morgan fingerprint density at radius 1 is 0.885 bits per heavy atom. The van der Waals surface area contributed by atoms with E-state index < -0.39 is 9.84 Å². The molecule has 0 spiro atoms. The number of benzene rings is 2. The number of rotatable bonds is 2. The summed E-state index contributed by atoms with van der Waals surface area (Å²) in [7, 11) is -3.36. The fraction of sp³-hybridized carbons (Fsp3) is 0.391. The molecule has 0 saturated heterocycles. The van der Waals surface area contributed by atoms with Gasteiger partial charge in [-0.25, -0.2) is 8.42 Å². The molecule has 2 nitrogen and oxygen atoms in total. The van der Waals surface area contributed by atoms with E-state index in [0.29, 0.717) is 4.90 Å². The van der Waals surface area contributed by atoms with Crippen molar-refractivity contribution in [2.24, 2.45) is 0 Å². The van der Waals surface area contributed by atoms with Crippen LogP contribution >= 0.6 is 0 Å². The van der Waals surface area contributed by atoms with E-state index in [1.807, 2.05) is 6.07 Å². The maximum atomic E-state index is 12.3. The van der Waals surface area contributed by atoms with E-state index in [1.54, 1.807) is 30.3 Å². The molecule has 0 aliphatic heterocycles. The monoisotopic (exact) mass is 366 g/mol. The molecule has 0 heterocycles. The first kappa shape index (κ1) is 18.7. The van der Waals surface area contributed by atoms with Crippen molar-refractivity contribution in [3.63, 3.8) is 0 Å². The van der Waals surface area contributed by atoms with Gasteiger partial charge in [0.25, 0.3) is 0 Å². The van der Waals surface area contributed by atoms with Crippen LogP contribution in [0.5, 0.6) is 0 Å². The fourth-order valence-corrected chi connectivity index (χ4v) is 4.61. The van der Waals surface area contributed by atoms with Crippen LogP contribution in [0, 0.1) is 11.8 Å². The molecule has 136 valence electrons. The first-order chi connectivity index (χ1) is 12.1. The minimum absolute atomic E-state index is 0.124. The lowest BCUT2D eigenvalue weighted by Gasteiger charge is -2.41. The van der Waals surface area contributed by atoms with Crippen molar-refractivity contribution in [3.05, 3.63) is 65.2 Å². The molecule has 3 rings (SSSR count). The van der Waals surface area contributed by atoms with Crippen LogP contribution in [0.25, 0.3) is 0 Å². The topological polar surface area (TPSA) is 34.1 Å². The lowest BCUT2D eigenvalue weighted by molar-refractivity contribution is 0.332. The van der Waals surface area contributed by atoms with Crippen LogP contribution < -0.4 is 0 Å². The second-order valence-electron chi connectivity index (χ2n) is 8.40. The van der Waals surface area contributed by atoms with Crippen molar-refractivity contribution in [3.8, 4) is 11.8 Å². The van der Waals surface area contributed by atoms with E-state index in [1.165, 1.54) is 17.5 Å². The van der Waals surface area contributed by atoms with Gasteiger partial charge in [-0.2, -0.15) is 0 Å². The number of sulfone groups is 1. The molecule has 0 aromatic heterocycles. The lowest BCUT2D eigenvalue weighted by atomic mass is 9.63. The average Bonchev–Trinajstić information content (AvgIpc) is 2.60. The fourth-order valence-electron chi connectivity index (χ4n) is 3.61. The van der Waals surface area contributed by atoms with Gasteiger partial charge in [-0.3, -0.25) is 0 Å². The summed E-state index contributed by atoms with van der Waals surface area (Å²) >= 11 is 0. The van der Waals surface area contributed by atoms with Crippen LogP contribution in [0.2, 0.25) is 0 Å². The summed E-state index contributed by atoms with van der Waals surface area (Å²) in [6.07, 6.45) is 2.32. The third kappa shape index (κ3) is 3.71. The molecule has 0 atom stereocenters. The van der Waals surface area contributed by atoms with Gasteiger partial charge in [-0.15, -0.1) is 0 Å². The van der Waals surface area contributed by atoms with E-state index in [-0.39, 0.29) is 16.6 Å². The molecule has 0 amide bonds. The Bertz CT molecular complexity index is 972. The van der Waals surface area contributed by atoms with Crippen molar-refractivity contribution in [1.82, 2.24) is 0 Å². The molecule has 0 unspecified atom stereocenters. The Morgan fingerprint density at radius 2 is 1.50 bits per heavy atom. The van der Waals surface area contributed by atoms with Crippen LogP contribution in [0.4, 0.5) is 0 Å². The van der Waals surface area contributed by atoms with Crippen LogP contribution in [-0.2, 0) is 20.7 Å². The summed E-state index contributed by atoms with van der Waals surface area (Å²) < 4.78 is 24.7. The highest BCUT2D eigenvalue weighted by Crippen LogP contribution is 2.45. The van der Waals surface area contributed by atoms with Gasteiger partial charge in [0.05, 0.1) is 4.90 Å². The Labute approximate surface area is 157 Å². The van der Waals surface area contributed by atoms with Gasteiger partial charge in [0.2, 0.25) is 0 Å². The van der Waals surface area contributed by atoms with Crippen molar-refractivity contribution in [2.75, 3.05) is 5.75 Å². The summed E-state index contributed by atoms with van der Waals surface area (Å²) in [5.41, 5.74) is 3.91. The maximum absolute atomic E-state index is 12.3. The molecule has 0 bridgehead atoms. The van der Waals surface area contributed by atoms with Crippen LogP contribution in [-0.4, -0.2) is 14.2 Å². The quantitative estimate of drug-likeness (QED) is 0.711. The second-order valence-corrected chi connectivity index (χ2v) is 10.4.